The highest BCUT2D eigenvalue weighted by Crippen LogP contribution is 2.15. The molecule has 1 aromatic rings. The molecule has 0 aliphatic carbocycles. The topological polar surface area (TPSA) is 72.6 Å². The summed E-state index contributed by atoms with van der Waals surface area (Å²) in [5.74, 6) is 0.755. The SMILES string of the molecule is Cc1ccccc1OCCN(C)S(N)(=O)=O. The third-order valence-electron chi connectivity index (χ3n) is 2.19. The van der Waals surface area contributed by atoms with Gasteiger partial charge in [0.1, 0.15) is 12.4 Å². The fraction of sp³-hybridized carbons (Fsp3) is 0.400. The molecule has 6 heteroatoms. The minimum atomic E-state index is -3.61. The van der Waals surface area contributed by atoms with Crippen LogP contribution in [0.5, 0.6) is 5.75 Å². The van der Waals surface area contributed by atoms with Crippen molar-refractivity contribution in [1.29, 1.82) is 0 Å². The van der Waals surface area contributed by atoms with E-state index >= 15 is 0 Å². The average Bonchev–Trinajstić information content (AvgIpc) is 2.19. The molecule has 0 fully saturated rings. The normalized spacial score (nSPS) is 11.8. The highest BCUT2D eigenvalue weighted by Gasteiger charge is 2.10. The Morgan fingerprint density at radius 1 is 1.38 bits per heavy atom. The summed E-state index contributed by atoms with van der Waals surface area (Å²) in [6, 6.07) is 7.55. The van der Waals surface area contributed by atoms with E-state index in [1.54, 1.807) is 0 Å². The number of benzene rings is 1. The first-order valence-corrected chi connectivity index (χ1v) is 6.34. The number of likely N-dealkylation sites (N-methyl/N-ethyl adjacent to an activating group) is 1. The Kier molecular flexibility index (Phi) is 4.28. The lowest BCUT2D eigenvalue weighted by Crippen LogP contribution is -2.36. The molecule has 0 amide bonds. The van der Waals surface area contributed by atoms with Gasteiger partial charge < -0.3 is 4.74 Å². The molecule has 90 valence electrons. The second kappa shape index (κ2) is 5.29. The number of nitrogens with two attached hydrogens (primary N) is 1. The minimum absolute atomic E-state index is 0.229. The van der Waals surface area contributed by atoms with Crippen molar-refractivity contribution >= 4 is 10.2 Å². The number of ether oxygens (including phenoxy) is 1. The fourth-order valence-electron chi connectivity index (χ4n) is 1.13. The largest absolute Gasteiger partial charge is 0.492 e. The minimum Gasteiger partial charge on any atom is -0.492 e. The molecule has 1 rings (SSSR count). The molecule has 0 aliphatic heterocycles. The van der Waals surface area contributed by atoms with Crippen LogP contribution in [0, 0.1) is 6.92 Å². The molecule has 0 aliphatic rings. The predicted molar refractivity (Wildman–Crippen MR) is 62.4 cm³/mol. The van der Waals surface area contributed by atoms with Gasteiger partial charge in [0.15, 0.2) is 0 Å². The molecule has 1 aromatic carbocycles. The molecule has 0 aromatic heterocycles. The van der Waals surface area contributed by atoms with Crippen molar-refractivity contribution in [2.75, 3.05) is 20.2 Å². The summed E-state index contributed by atoms with van der Waals surface area (Å²) in [6.45, 7) is 2.43. The Labute approximate surface area is 96.0 Å². The first-order valence-electron chi connectivity index (χ1n) is 4.84. The molecule has 0 saturated heterocycles. The Bertz CT molecular complexity index is 445. The molecular weight excluding hydrogens is 228 g/mol. The van der Waals surface area contributed by atoms with Crippen LogP contribution < -0.4 is 9.88 Å². The number of nitrogens with zero attached hydrogens (tertiary/aromatic N) is 1. The van der Waals surface area contributed by atoms with E-state index in [0.29, 0.717) is 0 Å². The predicted octanol–water partition coefficient (Wildman–Crippen LogP) is 0.509. The number of para-hydroxylation sites is 1. The van der Waals surface area contributed by atoms with Crippen LogP contribution in [-0.4, -0.2) is 32.9 Å². The highest BCUT2D eigenvalue weighted by molar-refractivity contribution is 7.86. The second-order valence-electron chi connectivity index (χ2n) is 3.48. The molecule has 0 bridgehead atoms. The molecule has 0 spiro atoms. The molecule has 5 nitrogen and oxygen atoms in total. The Morgan fingerprint density at radius 3 is 2.56 bits per heavy atom. The molecule has 0 heterocycles. The third-order valence-corrected chi connectivity index (χ3v) is 3.24. The molecule has 16 heavy (non-hydrogen) atoms. The summed E-state index contributed by atoms with van der Waals surface area (Å²) in [4.78, 5) is 0. The van der Waals surface area contributed by atoms with Crippen LogP contribution >= 0.6 is 0 Å². The molecule has 0 radical (unpaired) electrons. The van der Waals surface area contributed by atoms with Gasteiger partial charge in [-0.25, -0.2) is 5.14 Å². The van der Waals surface area contributed by atoms with Crippen LogP contribution in [0.1, 0.15) is 5.56 Å². The number of aryl methyl sites for hydroxylation is 1. The van der Waals surface area contributed by atoms with Crippen molar-refractivity contribution < 1.29 is 13.2 Å². The van der Waals surface area contributed by atoms with Crippen LogP contribution in [0.2, 0.25) is 0 Å². The Morgan fingerprint density at radius 2 is 2.00 bits per heavy atom. The maximum atomic E-state index is 10.9. The molecule has 0 atom stereocenters. The van der Waals surface area contributed by atoms with Crippen LogP contribution in [0.3, 0.4) is 0 Å². The van der Waals surface area contributed by atoms with E-state index < -0.39 is 10.2 Å². The average molecular weight is 244 g/mol. The zero-order chi connectivity index (χ0) is 12.2. The molecule has 0 unspecified atom stereocenters. The van der Waals surface area contributed by atoms with Crippen LogP contribution in [0.15, 0.2) is 24.3 Å². The molecule has 0 saturated carbocycles. The van der Waals surface area contributed by atoms with E-state index in [2.05, 4.69) is 0 Å². The van der Waals surface area contributed by atoms with E-state index in [-0.39, 0.29) is 13.2 Å². The Hall–Kier alpha value is -1.11. The van der Waals surface area contributed by atoms with Gasteiger partial charge in [-0.1, -0.05) is 18.2 Å². The zero-order valence-electron chi connectivity index (χ0n) is 9.38. The van der Waals surface area contributed by atoms with Crippen LogP contribution in [-0.2, 0) is 10.2 Å². The van der Waals surface area contributed by atoms with Gasteiger partial charge in [0.25, 0.3) is 10.2 Å². The maximum absolute atomic E-state index is 10.9. The van der Waals surface area contributed by atoms with Gasteiger partial charge in [0.05, 0.1) is 0 Å². The van der Waals surface area contributed by atoms with Crippen molar-refractivity contribution in [3.05, 3.63) is 29.8 Å². The number of rotatable bonds is 5. The van der Waals surface area contributed by atoms with E-state index in [9.17, 15) is 8.42 Å². The van der Waals surface area contributed by atoms with Gasteiger partial charge in [-0.05, 0) is 18.6 Å². The summed E-state index contributed by atoms with van der Waals surface area (Å²) in [5.41, 5.74) is 1.01. The van der Waals surface area contributed by atoms with Gasteiger partial charge in [-0.2, -0.15) is 12.7 Å². The van der Waals surface area contributed by atoms with Crippen LogP contribution in [0.25, 0.3) is 0 Å². The van der Waals surface area contributed by atoms with Gasteiger partial charge in [-0.15, -0.1) is 0 Å². The summed E-state index contributed by atoms with van der Waals surface area (Å²) < 4.78 is 28.3. The van der Waals surface area contributed by atoms with Gasteiger partial charge in [0.2, 0.25) is 0 Å². The lowest BCUT2D eigenvalue weighted by molar-refractivity contribution is 0.285. The maximum Gasteiger partial charge on any atom is 0.276 e. The molecular formula is C10H16N2O3S. The van der Waals surface area contributed by atoms with Gasteiger partial charge in [0, 0.05) is 13.6 Å². The lowest BCUT2D eigenvalue weighted by atomic mass is 10.2. The standard InChI is InChI=1S/C10H16N2O3S/c1-9-5-3-4-6-10(9)15-8-7-12(2)16(11,13)14/h3-6H,7-8H2,1-2H3,(H2,11,13,14). The Balaban J connectivity index is 2.46. The van der Waals surface area contributed by atoms with Gasteiger partial charge >= 0.3 is 0 Å². The highest BCUT2D eigenvalue weighted by atomic mass is 32.2. The monoisotopic (exact) mass is 244 g/mol. The quantitative estimate of drug-likeness (QED) is 0.820. The van der Waals surface area contributed by atoms with Gasteiger partial charge in [-0.3, -0.25) is 0 Å². The zero-order valence-corrected chi connectivity index (χ0v) is 10.2. The summed E-state index contributed by atoms with van der Waals surface area (Å²) in [5, 5.41) is 4.93. The lowest BCUT2D eigenvalue weighted by Gasteiger charge is -2.14. The van der Waals surface area contributed by atoms with Crippen molar-refractivity contribution in [2.24, 2.45) is 5.14 Å². The van der Waals surface area contributed by atoms with Crippen molar-refractivity contribution in [3.8, 4) is 5.75 Å². The van der Waals surface area contributed by atoms with E-state index in [1.165, 1.54) is 7.05 Å². The third kappa shape index (κ3) is 3.80. The fourth-order valence-corrected chi connectivity index (χ4v) is 1.46. The van der Waals surface area contributed by atoms with Crippen LogP contribution in [0.4, 0.5) is 0 Å². The van der Waals surface area contributed by atoms with E-state index in [1.807, 2.05) is 31.2 Å². The number of hydrogen-bond donors (Lipinski definition) is 1. The summed E-state index contributed by atoms with van der Waals surface area (Å²) >= 11 is 0. The van der Waals surface area contributed by atoms with Crippen molar-refractivity contribution in [3.63, 3.8) is 0 Å². The van der Waals surface area contributed by atoms with E-state index in [0.717, 1.165) is 15.6 Å². The van der Waals surface area contributed by atoms with Crippen molar-refractivity contribution in [2.45, 2.75) is 6.92 Å². The summed E-state index contributed by atoms with van der Waals surface area (Å²) in [7, 11) is -2.20. The number of hydrogen-bond acceptors (Lipinski definition) is 3. The first kappa shape index (κ1) is 13.0. The second-order valence-corrected chi connectivity index (χ2v) is 5.13. The van der Waals surface area contributed by atoms with E-state index in [4.69, 9.17) is 9.88 Å². The summed E-state index contributed by atoms with van der Waals surface area (Å²) in [6.07, 6.45) is 0. The van der Waals surface area contributed by atoms with Crippen molar-refractivity contribution in [1.82, 2.24) is 4.31 Å². The molecule has 2 N–H and O–H groups in total. The first-order chi connectivity index (χ1) is 7.41. The smallest absolute Gasteiger partial charge is 0.276 e.